The average molecular weight is 301 g/mol. The van der Waals surface area contributed by atoms with E-state index in [0.717, 1.165) is 5.92 Å². The zero-order chi connectivity index (χ0) is 15.9. The molecule has 0 radical (unpaired) electrons. The van der Waals surface area contributed by atoms with Gasteiger partial charge in [0.05, 0.1) is 12.1 Å². The smallest absolute Gasteiger partial charge is 0.135 e. The molecule has 1 aromatic carbocycles. The van der Waals surface area contributed by atoms with Crippen molar-refractivity contribution in [3.05, 3.63) is 29.8 Å². The van der Waals surface area contributed by atoms with Crippen LogP contribution in [-0.2, 0) is 4.74 Å². The highest BCUT2D eigenvalue weighted by Crippen LogP contribution is 2.44. The van der Waals surface area contributed by atoms with Crippen LogP contribution < -0.4 is 4.90 Å². The van der Waals surface area contributed by atoms with Crippen LogP contribution in [0.3, 0.4) is 0 Å². The van der Waals surface area contributed by atoms with E-state index in [1.807, 2.05) is 0 Å². The molecule has 122 valence electrons. The number of rotatable bonds is 2. The fourth-order valence-corrected chi connectivity index (χ4v) is 4.31. The van der Waals surface area contributed by atoms with Crippen molar-refractivity contribution in [2.24, 2.45) is 11.3 Å². The zero-order valence-electron chi connectivity index (χ0n) is 14.8. The topological polar surface area (TPSA) is 12.5 Å². The van der Waals surface area contributed by atoms with Gasteiger partial charge in [0.15, 0.2) is 0 Å². The number of anilines is 1. The molecule has 0 spiro atoms. The summed E-state index contributed by atoms with van der Waals surface area (Å²) < 4.78 is 6.67. The third-order valence-electron chi connectivity index (χ3n) is 5.45. The molecular weight excluding hydrogens is 270 g/mol. The quantitative estimate of drug-likeness (QED) is 0.749. The minimum absolute atomic E-state index is 0.115. The molecule has 2 heteroatoms. The van der Waals surface area contributed by atoms with E-state index in [1.165, 1.54) is 36.9 Å². The number of benzene rings is 1. The zero-order valence-corrected chi connectivity index (χ0v) is 14.8. The number of aryl methyl sites for hydroxylation is 1. The summed E-state index contributed by atoms with van der Waals surface area (Å²) in [7, 11) is 0. The van der Waals surface area contributed by atoms with Gasteiger partial charge in [-0.3, -0.25) is 0 Å². The van der Waals surface area contributed by atoms with Gasteiger partial charge >= 0.3 is 0 Å². The Morgan fingerprint density at radius 2 is 1.73 bits per heavy atom. The average Bonchev–Trinajstić information content (AvgIpc) is 3.06. The lowest BCUT2D eigenvalue weighted by Gasteiger charge is -2.37. The number of nitrogens with zero attached hydrogens (tertiary/aromatic N) is 1. The van der Waals surface area contributed by atoms with Crippen LogP contribution in [0.4, 0.5) is 5.69 Å². The second-order valence-electron chi connectivity index (χ2n) is 8.30. The molecule has 22 heavy (non-hydrogen) atoms. The van der Waals surface area contributed by atoms with E-state index < -0.39 is 0 Å². The van der Waals surface area contributed by atoms with Crippen molar-refractivity contribution in [3.8, 4) is 0 Å². The highest BCUT2D eigenvalue weighted by molar-refractivity contribution is 5.55. The molecule has 0 aromatic heterocycles. The number of hydrogen-bond donors (Lipinski definition) is 0. The molecule has 1 heterocycles. The second-order valence-corrected chi connectivity index (χ2v) is 8.30. The van der Waals surface area contributed by atoms with Crippen LogP contribution >= 0.6 is 0 Å². The largest absolute Gasteiger partial charge is 0.352 e. The molecule has 1 aliphatic heterocycles. The van der Waals surface area contributed by atoms with Crippen molar-refractivity contribution in [3.63, 3.8) is 0 Å². The maximum atomic E-state index is 6.67. The lowest BCUT2D eigenvalue weighted by molar-refractivity contribution is -0.0384. The van der Waals surface area contributed by atoms with Crippen molar-refractivity contribution in [2.45, 2.75) is 78.7 Å². The number of ether oxygens (including phenoxy) is 1. The van der Waals surface area contributed by atoms with E-state index >= 15 is 0 Å². The van der Waals surface area contributed by atoms with Gasteiger partial charge in [-0.1, -0.05) is 51.8 Å². The molecule has 2 nitrogen and oxygen atoms in total. The normalized spacial score (nSPS) is 30.2. The molecule has 0 amide bonds. The van der Waals surface area contributed by atoms with Gasteiger partial charge in [-0.15, -0.1) is 0 Å². The Morgan fingerprint density at radius 3 is 2.32 bits per heavy atom. The van der Waals surface area contributed by atoms with Crippen LogP contribution in [0.1, 0.15) is 58.9 Å². The first-order valence-electron chi connectivity index (χ1n) is 8.89. The highest BCUT2D eigenvalue weighted by Gasteiger charge is 2.48. The van der Waals surface area contributed by atoms with E-state index in [-0.39, 0.29) is 11.6 Å². The Morgan fingerprint density at radius 1 is 1.09 bits per heavy atom. The Bertz CT molecular complexity index is 513. The van der Waals surface area contributed by atoms with Gasteiger partial charge < -0.3 is 9.64 Å². The minimum atomic E-state index is 0.115. The van der Waals surface area contributed by atoms with Gasteiger partial charge in [0.25, 0.3) is 0 Å². The fourth-order valence-electron chi connectivity index (χ4n) is 4.31. The molecule has 1 aliphatic carbocycles. The molecular formula is C20H31NO. The van der Waals surface area contributed by atoms with Crippen LogP contribution in [0.2, 0.25) is 0 Å². The van der Waals surface area contributed by atoms with Gasteiger partial charge in [0, 0.05) is 11.1 Å². The first-order chi connectivity index (χ1) is 10.4. The van der Waals surface area contributed by atoms with Crippen LogP contribution in [0.5, 0.6) is 0 Å². The second kappa shape index (κ2) is 5.88. The molecule has 2 unspecified atom stereocenters. The summed E-state index contributed by atoms with van der Waals surface area (Å²) in [4.78, 5) is 2.55. The summed E-state index contributed by atoms with van der Waals surface area (Å²) >= 11 is 0. The van der Waals surface area contributed by atoms with Gasteiger partial charge in [0.2, 0.25) is 0 Å². The van der Waals surface area contributed by atoms with Crippen LogP contribution in [-0.4, -0.2) is 18.4 Å². The standard InChI is InChI=1S/C20H31NO/c1-14-10-6-9-13-17(14)21-15(2)18(16-11-7-8-12-16)22-19(21)20(3,4)5/h6,9-10,13,15-16,18-19H,7-8,11-12H2,1-5H3/t15-,18?,19?/m0/s1. The Kier molecular flexibility index (Phi) is 4.24. The molecule has 2 fully saturated rings. The van der Waals surface area contributed by atoms with E-state index in [0.29, 0.717) is 12.1 Å². The molecule has 1 saturated carbocycles. The molecule has 0 N–H and O–H groups in total. The van der Waals surface area contributed by atoms with Gasteiger partial charge in [-0.05, 0) is 44.2 Å². The summed E-state index contributed by atoms with van der Waals surface area (Å²) in [6.45, 7) is 11.5. The van der Waals surface area contributed by atoms with Crippen molar-refractivity contribution in [2.75, 3.05) is 4.90 Å². The SMILES string of the molecule is Cc1ccccc1N1C(C(C)(C)C)OC(C2CCCC2)[C@@H]1C. The number of hydrogen-bond acceptors (Lipinski definition) is 2. The molecule has 2 aliphatic rings. The summed E-state index contributed by atoms with van der Waals surface area (Å²) in [6, 6.07) is 9.20. The molecule has 1 saturated heterocycles. The summed E-state index contributed by atoms with van der Waals surface area (Å²) in [5.41, 5.74) is 2.80. The minimum Gasteiger partial charge on any atom is -0.352 e. The lowest BCUT2D eigenvalue weighted by Crippen LogP contribution is -2.44. The Labute approximate surface area is 135 Å². The third-order valence-corrected chi connectivity index (χ3v) is 5.45. The highest BCUT2D eigenvalue weighted by atomic mass is 16.5. The van der Waals surface area contributed by atoms with Crippen LogP contribution in [0.15, 0.2) is 24.3 Å². The van der Waals surface area contributed by atoms with Gasteiger partial charge in [-0.25, -0.2) is 0 Å². The molecule has 3 rings (SSSR count). The van der Waals surface area contributed by atoms with E-state index in [4.69, 9.17) is 4.74 Å². The predicted molar refractivity (Wildman–Crippen MR) is 93.2 cm³/mol. The summed E-state index contributed by atoms with van der Waals surface area (Å²) in [6.07, 6.45) is 5.98. The first kappa shape index (κ1) is 15.9. The van der Waals surface area contributed by atoms with E-state index in [1.54, 1.807) is 0 Å². The number of para-hydroxylation sites is 1. The summed E-state index contributed by atoms with van der Waals surface area (Å²) in [5.74, 6) is 0.744. The van der Waals surface area contributed by atoms with Gasteiger partial charge in [-0.2, -0.15) is 0 Å². The summed E-state index contributed by atoms with van der Waals surface area (Å²) in [5, 5.41) is 0. The van der Waals surface area contributed by atoms with Crippen molar-refractivity contribution in [1.82, 2.24) is 0 Å². The molecule has 0 bridgehead atoms. The lowest BCUT2D eigenvalue weighted by atomic mass is 9.92. The Balaban J connectivity index is 1.95. The maximum absolute atomic E-state index is 6.67. The first-order valence-corrected chi connectivity index (χ1v) is 8.89. The monoisotopic (exact) mass is 301 g/mol. The van der Waals surface area contributed by atoms with Crippen LogP contribution in [0.25, 0.3) is 0 Å². The van der Waals surface area contributed by atoms with Crippen molar-refractivity contribution in [1.29, 1.82) is 0 Å². The maximum Gasteiger partial charge on any atom is 0.135 e. The fraction of sp³-hybridized carbons (Fsp3) is 0.700. The molecule has 1 aromatic rings. The van der Waals surface area contributed by atoms with E-state index in [9.17, 15) is 0 Å². The van der Waals surface area contributed by atoms with Crippen molar-refractivity contribution >= 4 is 5.69 Å². The third kappa shape index (κ3) is 2.78. The molecule has 3 atom stereocenters. The van der Waals surface area contributed by atoms with E-state index in [2.05, 4.69) is 63.8 Å². The predicted octanol–water partition coefficient (Wildman–Crippen LogP) is 5.15. The van der Waals surface area contributed by atoms with Crippen molar-refractivity contribution < 1.29 is 4.74 Å². The van der Waals surface area contributed by atoms with Crippen LogP contribution in [0, 0.1) is 18.3 Å². The van der Waals surface area contributed by atoms with Gasteiger partial charge in [0.1, 0.15) is 6.23 Å². The Hall–Kier alpha value is -1.02.